The number of carbonyl (C=O) groups excluding carboxylic acids is 2. The fourth-order valence-corrected chi connectivity index (χ4v) is 7.14. The predicted molar refractivity (Wildman–Crippen MR) is 223 cm³/mol. The quantitative estimate of drug-likeness (QED) is 0.0234. The molecule has 4 aromatic rings. The predicted octanol–water partition coefficient (Wildman–Crippen LogP) is 7.83. The number of esters is 2. The van der Waals surface area contributed by atoms with E-state index in [4.69, 9.17) is 47.7 Å². The molecule has 0 N–H and O–H groups in total. The third-order valence-corrected chi connectivity index (χ3v) is 9.73. The molecule has 12 nitrogen and oxygen atoms in total. The van der Waals surface area contributed by atoms with E-state index in [2.05, 4.69) is 43.3 Å². The van der Waals surface area contributed by atoms with Crippen molar-refractivity contribution in [1.82, 2.24) is 0 Å². The van der Waals surface area contributed by atoms with Crippen LogP contribution < -0.4 is 9.62 Å². The molecule has 1 aliphatic rings. The summed E-state index contributed by atoms with van der Waals surface area (Å²) in [7, 11) is 1.62. The van der Waals surface area contributed by atoms with E-state index in [1.165, 1.54) is 0 Å². The molecule has 5 rings (SSSR count). The lowest BCUT2D eigenvalue weighted by atomic mass is 9.66. The zero-order valence-corrected chi connectivity index (χ0v) is 35.2. The molecule has 0 bridgehead atoms. The van der Waals surface area contributed by atoms with Crippen LogP contribution in [0.15, 0.2) is 72.8 Å². The molecule has 12 heteroatoms. The second-order valence-electron chi connectivity index (χ2n) is 13.9. The molecule has 0 fully saturated rings. The molecule has 1 aliphatic carbocycles. The molecule has 318 valence electrons. The van der Waals surface area contributed by atoms with Crippen molar-refractivity contribution in [2.75, 3.05) is 93.0 Å². The summed E-state index contributed by atoms with van der Waals surface area (Å²) in [6.07, 6.45) is 0.943. The van der Waals surface area contributed by atoms with E-state index in [-0.39, 0.29) is 56.5 Å². The van der Waals surface area contributed by atoms with Gasteiger partial charge in [0.25, 0.3) is 0 Å². The third kappa shape index (κ3) is 11.3. The highest BCUT2D eigenvalue weighted by Crippen LogP contribution is 2.57. The maximum absolute atomic E-state index is 13.8. The lowest BCUT2D eigenvalue weighted by Crippen LogP contribution is -2.30. The Morgan fingerprint density at radius 1 is 0.525 bits per heavy atom. The molecule has 0 amide bonds. The van der Waals surface area contributed by atoms with Crippen molar-refractivity contribution in [3.63, 3.8) is 0 Å². The normalized spacial score (nSPS) is 12.5. The van der Waals surface area contributed by atoms with Gasteiger partial charge >= 0.3 is 11.9 Å². The molecular weight excluding hydrogens is 757 g/mol. The summed E-state index contributed by atoms with van der Waals surface area (Å²) in [5, 5.41) is 0. The first-order chi connectivity index (χ1) is 28.8. The van der Waals surface area contributed by atoms with Crippen molar-refractivity contribution in [3.8, 4) is 22.6 Å². The Morgan fingerprint density at radius 3 is 1.53 bits per heavy atom. The van der Waals surface area contributed by atoms with E-state index in [0.717, 1.165) is 50.9 Å². The van der Waals surface area contributed by atoms with Gasteiger partial charge in [-0.05, 0) is 91.8 Å². The monoisotopic (exact) mass is 814 g/mol. The van der Waals surface area contributed by atoms with Gasteiger partial charge in [0.1, 0.15) is 30.1 Å². The summed E-state index contributed by atoms with van der Waals surface area (Å²) in [5.41, 5.74) is 7.10. The van der Waals surface area contributed by atoms with Crippen LogP contribution in [0.3, 0.4) is 0 Å². The van der Waals surface area contributed by atoms with Crippen LogP contribution in [0.5, 0.6) is 11.5 Å². The lowest BCUT2D eigenvalue weighted by molar-refractivity contribution is -0.215. The second kappa shape index (κ2) is 23.1. The van der Waals surface area contributed by atoms with Crippen LogP contribution >= 0.6 is 0 Å². The van der Waals surface area contributed by atoms with Crippen LogP contribution in [0.25, 0.3) is 11.1 Å². The van der Waals surface area contributed by atoms with Crippen molar-refractivity contribution in [1.29, 1.82) is 0 Å². The molecule has 0 radical (unpaired) electrons. The van der Waals surface area contributed by atoms with E-state index < -0.39 is 17.4 Å². The minimum atomic E-state index is -1.01. The van der Waals surface area contributed by atoms with Gasteiger partial charge in [-0.15, -0.1) is 0 Å². The molecule has 59 heavy (non-hydrogen) atoms. The van der Waals surface area contributed by atoms with Gasteiger partial charge in [-0.2, -0.15) is 4.89 Å². The second-order valence-corrected chi connectivity index (χ2v) is 13.9. The molecule has 0 spiro atoms. The van der Waals surface area contributed by atoms with E-state index in [0.29, 0.717) is 52.0 Å². The smallest absolute Gasteiger partial charge is 0.342 e. The van der Waals surface area contributed by atoms with Gasteiger partial charge in [-0.25, -0.2) is 9.59 Å². The molecule has 4 aromatic carbocycles. The summed E-state index contributed by atoms with van der Waals surface area (Å²) < 4.78 is 44.5. The number of ether oxygens (including phenoxy) is 8. The topological polar surface area (TPSA) is 126 Å². The number of hydrogen-bond acceptors (Lipinski definition) is 12. The number of benzene rings is 4. The first kappa shape index (κ1) is 45.3. The number of fused-ring (bicyclic) bond motifs is 3. The van der Waals surface area contributed by atoms with E-state index >= 15 is 0 Å². The zero-order valence-electron chi connectivity index (χ0n) is 35.2. The summed E-state index contributed by atoms with van der Waals surface area (Å²) in [5.74, 6) is -0.538. The van der Waals surface area contributed by atoms with Gasteiger partial charge in [0.15, 0.2) is 5.75 Å². The van der Waals surface area contributed by atoms with Crippen molar-refractivity contribution in [2.24, 2.45) is 0 Å². The van der Waals surface area contributed by atoms with Crippen LogP contribution in [-0.4, -0.2) is 105 Å². The SMILES string of the molecule is CCCOCCOCCOOc1ccc(C2(c3ccc(OCCOCCOCCOC)c(C(=O)OCC)c3)c3cc(C)ccc3-c3ccc(C)cc32)cc1C(=O)OCC. The highest BCUT2D eigenvalue weighted by atomic mass is 17.2. The van der Waals surface area contributed by atoms with Gasteiger partial charge in [0, 0.05) is 13.7 Å². The Hall–Kier alpha value is -4.82. The van der Waals surface area contributed by atoms with Crippen molar-refractivity contribution >= 4 is 11.9 Å². The number of aryl methyl sites for hydroxylation is 2. The highest BCUT2D eigenvalue weighted by molar-refractivity contribution is 5.95. The van der Waals surface area contributed by atoms with Gasteiger partial charge < -0.3 is 42.8 Å². The third-order valence-electron chi connectivity index (χ3n) is 9.73. The van der Waals surface area contributed by atoms with Gasteiger partial charge in [-0.1, -0.05) is 66.6 Å². The number of hydrogen-bond donors (Lipinski definition) is 0. The van der Waals surface area contributed by atoms with Crippen molar-refractivity contribution < 1.29 is 57.3 Å². The summed E-state index contributed by atoms with van der Waals surface area (Å²) in [6, 6.07) is 23.8. The average Bonchev–Trinajstić information content (AvgIpc) is 3.51. The van der Waals surface area contributed by atoms with Crippen LogP contribution in [0.1, 0.15) is 81.3 Å². The van der Waals surface area contributed by atoms with Crippen LogP contribution in [0.4, 0.5) is 0 Å². The molecule has 0 saturated heterocycles. The zero-order chi connectivity index (χ0) is 42.0. The molecule has 0 unspecified atom stereocenters. The van der Waals surface area contributed by atoms with Gasteiger partial charge in [-0.3, -0.25) is 0 Å². The Kier molecular flexibility index (Phi) is 17.7. The molecular formula is C47H58O12. The minimum Gasteiger partial charge on any atom is -0.490 e. The standard InChI is InChI=1S/C47H58O12/c1-7-18-51-21-22-54-26-28-58-59-44-17-13-36(32-40(44)46(49)56-9-3)47(41-29-33(4)10-14-37(41)38-15-11-34(5)30-42(38)47)35-12-16-43(39(31-35)45(48)55-8-2)57-27-25-53-24-23-52-20-19-50-6/h10-17,29-32H,7-9,18-28H2,1-6H3. The molecule has 0 aromatic heterocycles. The van der Waals surface area contributed by atoms with E-state index in [9.17, 15) is 9.59 Å². The largest absolute Gasteiger partial charge is 0.490 e. The highest BCUT2D eigenvalue weighted by Gasteiger charge is 2.47. The molecule has 0 atom stereocenters. The Morgan fingerprint density at radius 2 is 1.00 bits per heavy atom. The summed E-state index contributed by atoms with van der Waals surface area (Å²) in [6.45, 7) is 14.3. The number of carbonyl (C=O) groups is 2. The fourth-order valence-electron chi connectivity index (χ4n) is 7.14. The molecule has 0 saturated carbocycles. The van der Waals surface area contributed by atoms with Gasteiger partial charge in [0.2, 0.25) is 0 Å². The molecule has 0 aliphatic heterocycles. The Bertz CT molecular complexity index is 1830. The van der Waals surface area contributed by atoms with Crippen LogP contribution in [-0.2, 0) is 43.5 Å². The lowest BCUT2D eigenvalue weighted by Gasteiger charge is -2.35. The minimum absolute atomic E-state index is 0.127. The summed E-state index contributed by atoms with van der Waals surface area (Å²) in [4.78, 5) is 38.8. The van der Waals surface area contributed by atoms with E-state index in [1.54, 1.807) is 39.2 Å². The average molecular weight is 815 g/mol. The van der Waals surface area contributed by atoms with Crippen LogP contribution in [0, 0.1) is 13.8 Å². The number of rotatable bonds is 26. The fraction of sp³-hybridized carbons (Fsp3) is 0.447. The molecule has 0 heterocycles. The van der Waals surface area contributed by atoms with Gasteiger partial charge in [0.05, 0.1) is 71.5 Å². The van der Waals surface area contributed by atoms with Crippen molar-refractivity contribution in [2.45, 2.75) is 46.5 Å². The first-order valence-corrected chi connectivity index (χ1v) is 20.4. The summed E-state index contributed by atoms with van der Waals surface area (Å²) >= 11 is 0. The van der Waals surface area contributed by atoms with E-state index in [1.807, 2.05) is 32.0 Å². The van der Waals surface area contributed by atoms with Crippen LogP contribution in [0.2, 0.25) is 0 Å². The number of methoxy groups -OCH3 is 1. The Labute approximate surface area is 347 Å². The first-order valence-electron chi connectivity index (χ1n) is 20.4. The Balaban J connectivity index is 1.56. The maximum atomic E-state index is 13.8. The van der Waals surface area contributed by atoms with Crippen molar-refractivity contribution in [3.05, 3.63) is 117 Å². The maximum Gasteiger partial charge on any atom is 0.342 e.